The zero-order chi connectivity index (χ0) is 12.8. The molecule has 0 aromatic carbocycles. The number of nitrogens with zero attached hydrogens (tertiary/aromatic N) is 2. The van der Waals surface area contributed by atoms with Gasteiger partial charge in [0.1, 0.15) is 6.54 Å². The number of carbonyl (C=O) groups is 2. The number of nitrogens with one attached hydrogen (secondary N) is 1. The summed E-state index contributed by atoms with van der Waals surface area (Å²) in [6.45, 7) is 4.51. The van der Waals surface area contributed by atoms with Crippen molar-refractivity contribution in [1.82, 2.24) is 15.1 Å². The number of carboxylic acid groups (broad SMARTS) is 1. The number of amides is 2. The Kier molecular flexibility index (Phi) is 5.21. The Bertz CT molecular complexity index is 283. The molecule has 1 heterocycles. The SMILES string of the molecule is CCN1CCCC1CNC(=O)N(C)CC(=O)O. The summed E-state index contributed by atoms with van der Waals surface area (Å²) < 4.78 is 0. The molecule has 1 rings (SSSR count). The van der Waals surface area contributed by atoms with Gasteiger partial charge in [-0.05, 0) is 25.9 Å². The monoisotopic (exact) mass is 243 g/mol. The average molecular weight is 243 g/mol. The van der Waals surface area contributed by atoms with Crippen molar-refractivity contribution in [3.05, 3.63) is 0 Å². The number of hydrogen-bond acceptors (Lipinski definition) is 3. The van der Waals surface area contributed by atoms with Crippen LogP contribution in [0.1, 0.15) is 19.8 Å². The molecule has 0 spiro atoms. The number of rotatable bonds is 5. The Labute approximate surface area is 102 Å². The molecule has 0 radical (unpaired) electrons. The number of likely N-dealkylation sites (tertiary alicyclic amines) is 1. The van der Waals surface area contributed by atoms with E-state index in [1.165, 1.54) is 18.4 Å². The first kappa shape index (κ1) is 13.8. The van der Waals surface area contributed by atoms with Gasteiger partial charge in [-0.1, -0.05) is 6.92 Å². The number of carboxylic acids is 1. The van der Waals surface area contributed by atoms with Crippen molar-refractivity contribution in [3.63, 3.8) is 0 Å². The van der Waals surface area contributed by atoms with Gasteiger partial charge in [-0.3, -0.25) is 9.69 Å². The molecule has 0 aromatic rings. The van der Waals surface area contributed by atoms with E-state index >= 15 is 0 Å². The van der Waals surface area contributed by atoms with Crippen LogP contribution in [0.2, 0.25) is 0 Å². The van der Waals surface area contributed by atoms with Crippen molar-refractivity contribution in [1.29, 1.82) is 0 Å². The standard InChI is InChI=1S/C11H21N3O3/c1-3-14-6-4-5-9(14)7-12-11(17)13(2)8-10(15)16/h9H,3-8H2,1-2H3,(H,12,17)(H,15,16). The highest BCUT2D eigenvalue weighted by molar-refractivity contribution is 5.79. The van der Waals surface area contributed by atoms with Gasteiger partial charge in [0.25, 0.3) is 0 Å². The summed E-state index contributed by atoms with van der Waals surface area (Å²) in [7, 11) is 1.48. The lowest BCUT2D eigenvalue weighted by molar-refractivity contribution is -0.137. The Morgan fingerprint density at radius 2 is 2.24 bits per heavy atom. The van der Waals surface area contributed by atoms with Crippen LogP contribution in [-0.2, 0) is 4.79 Å². The quantitative estimate of drug-likeness (QED) is 0.723. The molecule has 98 valence electrons. The second-order valence-corrected chi connectivity index (χ2v) is 4.36. The van der Waals surface area contributed by atoms with Crippen LogP contribution in [0.4, 0.5) is 4.79 Å². The van der Waals surface area contributed by atoms with E-state index in [-0.39, 0.29) is 12.6 Å². The number of hydrogen-bond donors (Lipinski definition) is 2. The molecule has 1 aliphatic rings. The van der Waals surface area contributed by atoms with Gasteiger partial charge in [-0.25, -0.2) is 4.79 Å². The van der Waals surface area contributed by atoms with Crippen molar-refractivity contribution >= 4 is 12.0 Å². The number of carbonyl (C=O) groups excluding carboxylic acids is 1. The van der Waals surface area contributed by atoms with Gasteiger partial charge < -0.3 is 15.3 Å². The zero-order valence-corrected chi connectivity index (χ0v) is 10.5. The van der Waals surface area contributed by atoms with E-state index in [2.05, 4.69) is 17.1 Å². The van der Waals surface area contributed by atoms with Gasteiger partial charge in [0.2, 0.25) is 0 Å². The fourth-order valence-electron chi connectivity index (χ4n) is 2.16. The number of likely N-dealkylation sites (N-methyl/N-ethyl adjacent to an activating group) is 2. The molecule has 1 aliphatic heterocycles. The third-order valence-electron chi connectivity index (χ3n) is 3.11. The molecule has 0 aromatic heterocycles. The van der Waals surface area contributed by atoms with Crippen molar-refractivity contribution in [2.45, 2.75) is 25.8 Å². The first-order valence-corrected chi connectivity index (χ1v) is 5.99. The van der Waals surface area contributed by atoms with E-state index in [1.54, 1.807) is 0 Å². The third-order valence-corrected chi connectivity index (χ3v) is 3.11. The van der Waals surface area contributed by atoms with Crippen molar-refractivity contribution in [3.8, 4) is 0 Å². The largest absolute Gasteiger partial charge is 0.480 e. The predicted molar refractivity (Wildman–Crippen MR) is 63.9 cm³/mol. The third kappa shape index (κ3) is 4.22. The van der Waals surface area contributed by atoms with Crippen LogP contribution in [0.25, 0.3) is 0 Å². The molecule has 0 saturated carbocycles. The van der Waals surface area contributed by atoms with Crippen LogP contribution in [0.3, 0.4) is 0 Å². The van der Waals surface area contributed by atoms with Crippen LogP contribution in [0.5, 0.6) is 0 Å². The summed E-state index contributed by atoms with van der Waals surface area (Å²) in [5.41, 5.74) is 0. The van der Waals surface area contributed by atoms with Crippen LogP contribution in [-0.4, -0.2) is 66.2 Å². The maximum Gasteiger partial charge on any atom is 0.323 e. The van der Waals surface area contributed by atoms with Gasteiger partial charge in [-0.15, -0.1) is 0 Å². The molecular formula is C11H21N3O3. The molecule has 1 atom stereocenters. The minimum Gasteiger partial charge on any atom is -0.480 e. The molecule has 6 heteroatoms. The summed E-state index contributed by atoms with van der Waals surface area (Å²) in [5.74, 6) is -1.00. The molecule has 6 nitrogen and oxygen atoms in total. The van der Waals surface area contributed by atoms with Crippen molar-refractivity contribution in [2.24, 2.45) is 0 Å². The van der Waals surface area contributed by atoms with E-state index in [0.29, 0.717) is 12.6 Å². The molecule has 1 saturated heterocycles. The zero-order valence-electron chi connectivity index (χ0n) is 10.5. The molecule has 2 amide bonds. The minimum absolute atomic E-state index is 0.270. The molecule has 17 heavy (non-hydrogen) atoms. The summed E-state index contributed by atoms with van der Waals surface area (Å²) in [4.78, 5) is 25.5. The predicted octanol–water partition coefficient (Wildman–Crippen LogP) is 0.197. The molecular weight excluding hydrogens is 222 g/mol. The summed E-state index contributed by atoms with van der Waals surface area (Å²) in [6.07, 6.45) is 2.26. The average Bonchev–Trinajstić information content (AvgIpc) is 2.72. The fourth-order valence-corrected chi connectivity index (χ4v) is 2.16. The second-order valence-electron chi connectivity index (χ2n) is 4.36. The number of urea groups is 1. The highest BCUT2D eigenvalue weighted by Gasteiger charge is 2.23. The summed E-state index contributed by atoms with van der Waals surface area (Å²) in [5, 5.41) is 11.3. The van der Waals surface area contributed by atoms with E-state index in [0.717, 1.165) is 19.5 Å². The van der Waals surface area contributed by atoms with Gasteiger partial charge in [0.05, 0.1) is 0 Å². The van der Waals surface area contributed by atoms with Crippen molar-refractivity contribution < 1.29 is 14.7 Å². The first-order chi connectivity index (χ1) is 8.04. The Balaban J connectivity index is 2.30. The Morgan fingerprint density at radius 3 is 2.82 bits per heavy atom. The molecule has 1 unspecified atom stereocenters. The highest BCUT2D eigenvalue weighted by atomic mass is 16.4. The fraction of sp³-hybridized carbons (Fsp3) is 0.818. The summed E-state index contributed by atoms with van der Waals surface area (Å²) in [6, 6.07) is 0.0672. The molecule has 0 aliphatic carbocycles. The lowest BCUT2D eigenvalue weighted by Gasteiger charge is -2.24. The van der Waals surface area contributed by atoms with Gasteiger partial charge in [0, 0.05) is 19.6 Å². The van der Waals surface area contributed by atoms with E-state index < -0.39 is 5.97 Å². The molecule has 1 fully saturated rings. The lowest BCUT2D eigenvalue weighted by Crippen LogP contribution is -2.45. The molecule has 2 N–H and O–H groups in total. The van der Waals surface area contributed by atoms with Crippen LogP contribution >= 0.6 is 0 Å². The topological polar surface area (TPSA) is 72.9 Å². The Morgan fingerprint density at radius 1 is 1.53 bits per heavy atom. The Hall–Kier alpha value is -1.30. The van der Waals surface area contributed by atoms with Crippen molar-refractivity contribution in [2.75, 3.05) is 33.2 Å². The lowest BCUT2D eigenvalue weighted by atomic mass is 10.2. The summed E-state index contributed by atoms with van der Waals surface area (Å²) >= 11 is 0. The smallest absolute Gasteiger partial charge is 0.323 e. The van der Waals surface area contributed by atoms with E-state index in [4.69, 9.17) is 5.11 Å². The van der Waals surface area contributed by atoms with Gasteiger partial charge in [-0.2, -0.15) is 0 Å². The maximum atomic E-state index is 11.6. The van der Waals surface area contributed by atoms with Gasteiger partial charge in [0.15, 0.2) is 0 Å². The number of aliphatic carboxylic acids is 1. The second kappa shape index (κ2) is 6.44. The van der Waals surface area contributed by atoms with Crippen LogP contribution < -0.4 is 5.32 Å². The maximum absolute atomic E-state index is 11.6. The normalized spacial score (nSPS) is 20.2. The van der Waals surface area contributed by atoms with E-state index in [1.807, 2.05) is 0 Å². The van der Waals surface area contributed by atoms with Crippen LogP contribution in [0.15, 0.2) is 0 Å². The van der Waals surface area contributed by atoms with Gasteiger partial charge >= 0.3 is 12.0 Å². The molecule has 0 bridgehead atoms. The van der Waals surface area contributed by atoms with E-state index in [9.17, 15) is 9.59 Å². The highest BCUT2D eigenvalue weighted by Crippen LogP contribution is 2.15. The van der Waals surface area contributed by atoms with Crippen LogP contribution in [0, 0.1) is 0 Å². The minimum atomic E-state index is -1.00. The first-order valence-electron chi connectivity index (χ1n) is 5.99.